The SMILES string of the molecule is O=C(O)CCC/C=C\C[C@@H]1[C@@H](N2CCOCC2)[C@@H](O)C[C@@H]1OCc1ccc(C2CCCCC2)cc1. The number of allylic oxidation sites excluding steroid dienone is 2. The summed E-state index contributed by atoms with van der Waals surface area (Å²) in [6.07, 6.45) is 13.6. The molecule has 6 nitrogen and oxygen atoms in total. The van der Waals surface area contributed by atoms with Crippen LogP contribution in [0.5, 0.6) is 0 Å². The first kappa shape index (κ1) is 26.3. The first-order valence-electron chi connectivity index (χ1n) is 13.7. The maximum Gasteiger partial charge on any atom is 0.303 e. The molecular weight excluding hydrogens is 442 g/mol. The van der Waals surface area contributed by atoms with Crippen molar-refractivity contribution in [2.75, 3.05) is 26.3 Å². The average molecular weight is 486 g/mol. The van der Waals surface area contributed by atoms with Crippen LogP contribution in [0.2, 0.25) is 0 Å². The second kappa shape index (κ2) is 13.5. The maximum atomic E-state index is 11.0. The van der Waals surface area contributed by atoms with Gasteiger partial charge in [0.25, 0.3) is 0 Å². The number of aliphatic hydroxyl groups is 1. The molecule has 1 saturated heterocycles. The summed E-state index contributed by atoms with van der Waals surface area (Å²) in [4.78, 5) is 13.1. The van der Waals surface area contributed by atoms with Gasteiger partial charge in [0, 0.05) is 37.9 Å². The number of aliphatic hydroxyl groups excluding tert-OH is 1. The van der Waals surface area contributed by atoms with Crippen LogP contribution in [0.3, 0.4) is 0 Å². The highest BCUT2D eigenvalue weighted by Gasteiger charge is 2.45. The van der Waals surface area contributed by atoms with Crippen molar-refractivity contribution in [1.29, 1.82) is 0 Å². The minimum atomic E-state index is -0.745. The second-order valence-electron chi connectivity index (χ2n) is 10.5. The molecule has 3 fully saturated rings. The average Bonchev–Trinajstić information content (AvgIpc) is 3.20. The normalized spacial score (nSPS) is 28.6. The minimum Gasteiger partial charge on any atom is -0.481 e. The summed E-state index contributed by atoms with van der Waals surface area (Å²) >= 11 is 0. The largest absolute Gasteiger partial charge is 0.481 e. The number of carboxylic acids is 1. The highest BCUT2D eigenvalue weighted by Crippen LogP contribution is 2.37. The number of morpholine rings is 1. The van der Waals surface area contributed by atoms with Crippen molar-refractivity contribution in [3.8, 4) is 0 Å². The Balaban J connectivity index is 1.35. The summed E-state index contributed by atoms with van der Waals surface area (Å²) in [5, 5.41) is 19.8. The molecule has 2 aliphatic carbocycles. The summed E-state index contributed by atoms with van der Waals surface area (Å²) in [6.45, 7) is 3.67. The van der Waals surface area contributed by atoms with Gasteiger partial charge in [-0.05, 0) is 49.1 Å². The molecule has 4 rings (SSSR count). The number of nitrogens with zero attached hydrogens (tertiary/aromatic N) is 1. The Morgan fingerprint density at radius 2 is 1.83 bits per heavy atom. The zero-order valence-corrected chi connectivity index (χ0v) is 21.0. The molecule has 1 heterocycles. The number of hydrogen-bond donors (Lipinski definition) is 2. The van der Waals surface area contributed by atoms with E-state index in [0.717, 1.165) is 25.9 Å². The van der Waals surface area contributed by atoms with Gasteiger partial charge in [-0.25, -0.2) is 0 Å². The number of aliphatic carboxylic acids is 1. The second-order valence-corrected chi connectivity index (χ2v) is 10.5. The highest BCUT2D eigenvalue weighted by molar-refractivity contribution is 5.66. The van der Waals surface area contributed by atoms with E-state index in [1.807, 2.05) is 0 Å². The van der Waals surface area contributed by atoms with Crippen LogP contribution in [-0.2, 0) is 20.9 Å². The fourth-order valence-corrected chi connectivity index (χ4v) is 6.20. The number of ether oxygens (including phenoxy) is 2. The topological polar surface area (TPSA) is 79.2 Å². The van der Waals surface area contributed by atoms with Gasteiger partial charge >= 0.3 is 5.97 Å². The number of unbranched alkanes of at least 4 members (excludes halogenated alkanes) is 1. The molecule has 1 aliphatic heterocycles. The predicted molar refractivity (Wildman–Crippen MR) is 136 cm³/mol. The molecule has 0 radical (unpaired) electrons. The van der Waals surface area contributed by atoms with E-state index >= 15 is 0 Å². The van der Waals surface area contributed by atoms with Crippen molar-refractivity contribution in [2.45, 2.75) is 95.0 Å². The van der Waals surface area contributed by atoms with Crippen LogP contribution < -0.4 is 0 Å². The number of hydrogen-bond acceptors (Lipinski definition) is 5. The van der Waals surface area contributed by atoms with Gasteiger partial charge in [-0.1, -0.05) is 55.7 Å². The van der Waals surface area contributed by atoms with Crippen LogP contribution in [0.25, 0.3) is 0 Å². The number of benzene rings is 1. The van der Waals surface area contributed by atoms with Gasteiger partial charge in [-0.15, -0.1) is 0 Å². The standard InChI is InChI=1S/C29H43NO5/c31-26-20-27(35-21-22-12-14-24(15-13-22)23-8-4-3-5-9-23)25(10-6-1-2-7-11-28(32)33)29(26)30-16-18-34-19-17-30/h1,6,12-15,23,25-27,29,31H,2-5,7-11,16-21H2,(H,32,33)/b6-1-/t25-,26-,27-,29+/m0/s1. The van der Waals surface area contributed by atoms with Crippen LogP contribution in [-0.4, -0.2) is 65.6 Å². The first-order chi connectivity index (χ1) is 17.1. The fraction of sp³-hybridized carbons (Fsp3) is 0.690. The quantitative estimate of drug-likeness (QED) is 0.343. The zero-order valence-electron chi connectivity index (χ0n) is 21.0. The van der Waals surface area contributed by atoms with Gasteiger partial charge in [0.2, 0.25) is 0 Å². The minimum absolute atomic E-state index is 0.000430. The molecule has 0 spiro atoms. The number of rotatable bonds is 11. The Kier molecular flexibility index (Phi) is 10.2. The van der Waals surface area contributed by atoms with E-state index in [1.54, 1.807) is 0 Å². The summed E-state index contributed by atoms with van der Waals surface area (Å²) < 4.78 is 12.0. The van der Waals surface area contributed by atoms with Crippen molar-refractivity contribution in [1.82, 2.24) is 4.90 Å². The highest BCUT2D eigenvalue weighted by atomic mass is 16.5. The molecule has 3 aliphatic rings. The Hall–Kier alpha value is -1.73. The monoisotopic (exact) mass is 485 g/mol. The molecule has 0 unspecified atom stereocenters. The van der Waals surface area contributed by atoms with E-state index in [2.05, 4.69) is 41.3 Å². The van der Waals surface area contributed by atoms with Crippen LogP contribution >= 0.6 is 0 Å². The molecule has 35 heavy (non-hydrogen) atoms. The predicted octanol–water partition coefficient (Wildman–Crippen LogP) is 4.90. The van der Waals surface area contributed by atoms with Crippen LogP contribution in [0.15, 0.2) is 36.4 Å². The van der Waals surface area contributed by atoms with E-state index in [0.29, 0.717) is 38.6 Å². The third-order valence-electron chi connectivity index (χ3n) is 8.11. The lowest BCUT2D eigenvalue weighted by molar-refractivity contribution is -0.137. The summed E-state index contributed by atoms with van der Waals surface area (Å²) in [7, 11) is 0. The Labute approximate surface area is 210 Å². The summed E-state index contributed by atoms with van der Waals surface area (Å²) in [5.41, 5.74) is 2.65. The van der Waals surface area contributed by atoms with E-state index in [-0.39, 0.29) is 24.5 Å². The van der Waals surface area contributed by atoms with E-state index in [9.17, 15) is 9.90 Å². The maximum absolute atomic E-state index is 11.0. The Morgan fingerprint density at radius 1 is 1.09 bits per heavy atom. The third-order valence-corrected chi connectivity index (χ3v) is 8.11. The molecular formula is C29H43NO5. The van der Waals surface area contributed by atoms with Crippen LogP contribution in [0, 0.1) is 5.92 Å². The van der Waals surface area contributed by atoms with Gasteiger partial charge < -0.3 is 19.7 Å². The van der Waals surface area contributed by atoms with Gasteiger partial charge in [0.1, 0.15) is 0 Å². The lowest BCUT2D eigenvalue weighted by Gasteiger charge is -2.37. The molecule has 0 aromatic heterocycles. The van der Waals surface area contributed by atoms with E-state index in [4.69, 9.17) is 14.6 Å². The Morgan fingerprint density at radius 3 is 2.54 bits per heavy atom. The smallest absolute Gasteiger partial charge is 0.303 e. The van der Waals surface area contributed by atoms with Crippen molar-refractivity contribution in [3.63, 3.8) is 0 Å². The van der Waals surface area contributed by atoms with E-state index in [1.165, 1.54) is 43.2 Å². The van der Waals surface area contributed by atoms with Crippen molar-refractivity contribution < 1.29 is 24.5 Å². The lowest BCUT2D eigenvalue weighted by atomic mass is 9.84. The Bertz CT molecular complexity index is 798. The molecule has 1 aromatic rings. The molecule has 194 valence electrons. The summed E-state index contributed by atoms with van der Waals surface area (Å²) in [6, 6.07) is 9.07. The molecule has 2 saturated carbocycles. The molecule has 2 N–H and O–H groups in total. The third kappa shape index (κ3) is 7.63. The van der Waals surface area contributed by atoms with Crippen LogP contribution in [0.4, 0.5) is 0 Å². The van der Waals surface area contributed by atoms with Gasteiger partial charge in [-0.3, -0.25) is 9.69 Å². The molecule has 4 atom stereocenters. The first-order valence-corrected chi connectivity index (χ1v) is 13.7. The van der Waals surface area contributed by atoms with Crippen molar-refractivity contribution in [3.05, 3.63) is 47.5 Å². The van der Waals surface area contributed by atoms with Crippen LogP contribution in [0.1, 0.15) is 81.3 Å². The molecule has 6 heteroatoms. The number of carbonyl (C=O) groups is 1. The lowest BCUT2D eigenvalue weighted by Crippen LogP contribution is -2.50. The van der Waals surface area contributed by atoms with Gasteiger partial charge in [0.05, 0.1) is 32.0 Å². The van der Waals surface area contributed by atoms with E-state index < -0.39 is 12.1 Å². The number of carboxylic acid groups (broad SMARTS) is 1. The molecule has 0 amide bonds. The van der Waals surface area contributed by atoms with Crippen molar-refractivity contribution in [2.24, 2.45) is 5.92 Å². The van der Waals surface area contributed by atoms with Crippen molar-refractivity contribution >= 4 is 5.97 Å². The molecule has 1 aromatic carbocycles. The van der Waals surface area contributed by atoms with Gasteiger partial charge in [-0.2, -0.15) is 0 Å². The summed E-state index contributed by atoms with van der Waals surface area (Å²) in [5.74, 6) is 0.176. The fourth-order valence-electron chi connectivity index (χ4n) is 6.20. The van der Waals surface area contributed by atoms with Gasteiger partial charge in [0.15, 0.2) is 0 Å². The zero-order chi connectivity index (χ0) is 24.5. The molecule has 0 bridgehead atoms.